The van der Waals surface area contributed by atoms with Crippen LogP contribution in [-0.2, 0) is 9.84 Å². The van der Waals surface area contributed by atoms with E-state index in [0.717, 1.165) is 0 Å². The van der Waals surface area contributed by atoms with Gasteiger partial charge in [-0.3, -0.25) is 0 Å². The topological polar surface area (TPSA) is 81.2 Å². The van der Waals surface area contributed by atoms with E-state index in [2.05, 4.69) is 15.3 Å². The second kappa shape index (κ2) is 5.64. The molecule has 0 amide bonds. The van der Waals surface area contributed by atoms with Crippen LogP contribution in [0.5, 0.6) is 5.88 Å². The third-order valence-electron chi connectivity index (χ3n) is 1.68. The van der Waals surface area contributed by atoms with Crippen LogP contribution in [0.4, 0.5) is 5.95 Å². The summed E-state index contributed by atoms with van der Waals surface area (Å²) < 4.78 is 27.0. The number of aromatic nitrogens is 2. The maximum absolute atomic E-state index is 10.9. The highest BCUT2D eigenvalue weighted by Crippen LogP contribution is 2.07. The first-order valence-corrected chi connectivity index (χ1v) is 6.95. The minimum absolute atomic E-state index is 0.0508. The van der Waals surface area contributed by atoms with Crippen LogP contribution < -0.4 is 10.1 Å². The molecule has 1 heterocycles. The van der Waals surface area contributed by atoms with Crippen molar-refractivity contribution < 1.29 is 13.2 Å². The summed E-state index contributed by atoms with van der Waals surface area (Å²) in [5.41, 5.74) is 0. The van der Waals surface area contributed by atoms with Crippen molar-refractivity contribution in [1.29, 1.82) is 0 Å². The molecule has 6 nitrogen and oxygen atoms in total. The lowest BCUT2D eigenvalue weighted by Crippen LogP contribution is -2.15. The SMILES string of the molecule is CCOc1ccnc(NCCS(C)(=O)=O)n1. The zero-order chi connectivity index (χ0) is 12.0. The Hall–Kier alpha value is -1.37. The second-order valence-corrected chi connectivity index (χ2v) is 5.47. The number of rotatable bonds is 6. The number of nitrogens with zero attached hydrogens (tertiary/aromatic N) is 2. The Kier molecular flexibility index (Phi) is 4.48. The lowest BCUT2D eigenvalue weighted by Gasteiger charge is -2.05. The smallest absolute Gasteiger partial charge is 0.225 e. The summed E-state index contributed by atoms with van der Waals surface area (Å²) in [4.78, 5) is 7.99. The third-order valence-corrected chi connectivity index (χ3v) is 2.62. The van der Waals surface area contributed by atoms with Crippen molar-refractivity contribution in [1.82, 2.24) is 9.97 Å². The van der Waals surface area contributed by atoms with E-state index in [1.165, 1.54) is 6.26 Å². The summed E-state index contributed by atoms with van der Waals surface area (Å²) in [6.45, 7) is 2.67. The molecule has 0 aliphatic rings. The summed E-state index contributed by atoms with van der Waals surface area (Å²) in [6, 6.07) is 1.64. The predicted octanol–water partition coefficient (Wildman–Crippen LogP) is 0.332. The van der Waals surface area contributed by atoms with E-state index in [9.17, 15) is 8.42 Å². The number of hydrogen-bond donors (Lipinski definition) is 1. The van der Waals surface area contributed by atoms with E-state index < -0.39 is 9.84 Å². The predicted molar refractivity (Wildman–Crippen MR) is 61.4 cm³/mol. The van der Waals surface area contributed by atoms with Gasteiger partial charge in [-0.1, -0.05) is 0 Å². The Morgan fingerprint density at radius 2 is 2.25 bits per heavy atom. The largest absolute Gasteiger partial charge is 0.478 e. The maximum atomic E-state index is 10.9. The van der Waals surface area contributed by atoms with Gasteiger partial charge in [-0.05, 0) is 6.92 Å². The quantitative estimate of drug-likeness (QED) is 0.778. The molecule has 0 spiro atoms. The molecule has 0 aliphatic carbocycles. The van der Waals surface area contributed by atoms with Crippen molar-refractivity contribution >= 4 is 15.8 Å². The Morgan fingerprint density at radius 1 is 1.50 bits per heavy atom. The van der Waals surface area contributed by atoms with Crippen molar-refractivity contribution in [3.05, 3.63) is 12.3 Å². The number of anilines is 1. The molecule has 16 heavy (non-hydrogen) atoms. The van der Waals surface area contributed by atoms with Gasteiger partial charge in [0.1, 0.15) is 9.84 Å². The van der Waals surface area contributed by atoms with Crippen LogP contribution in [0.25, 0.3) is 0 Å². The molecule has 0 bridgehead atoms. The standard InChI is InChI=1S/C9H15N3O3S/c1-3-15-8-4-5-10-9(12-8)11-6-7-16(2,13)14/h4-5H,3,6-7H2,1-2H3,(H,10,11,12). The van der Waals surface area contributed by atoms with Gasteiger partial charge in [0.25, 0.3) is 0 Å². The van der Waals surface area contributed by atoms with Crippen molar-refractivity contribution in [2.75, 3.05) is 30.5 Å². The molecule has 7 heteroatoms. The van der Waals surface area contributed by atoms with Crippen LogP contribution in [0.15, 0.2) is 12.3 Å². The number of nitrogens with one attached hydrogen (secondary N) is 1. The molecular formula is C9H15N3O3S. The average molecular weight is 245 g/mol. The molecule has 1 aromatic heterocycles. The van der Waals surface area contributed by atoms with Crippen molar-refractivity contribution in [2.24, 2.45) is 0 Å². The highest BCUT2D eigenvalue weighted by atomic mass is 32.2. The Bertz CT molecular complexity index is 433. The van der Waals surface area contributed by atoms with E-state index in [1.807, 2.05) is 6.92 Å². The lowest BCUT2D eigenvalue weighted by atomic mass is 10.6. The Balaban J connectivity index is 2.51. The fourth-order valence-corrected chi connectivity index (χ4v) is 1.48. The van der Waals surface area contributed by atoms with Crippen LogP contribution in [0.1, 0.15) is 6.92 Å². The van der Waals surface area contributed by atoms with Crippen LogP contribution in [-0.4, -0.2) is 43.5 Å². The summed E-state index contributed by atoms with van der Waals surface area (Å²) >= 11 is 0. The molecule has 0 atom stereocenters. The molecule has 0 aromatic carbocycles. The van der Waals surface area contributed by atoms with Gasteiger partial charge in [0.05, 0.1) is 12.4 Å². The summed E-state index contributed by atoms with van der Waals surface area (Å²) in [5.74, 6) is 0.892. The van der Waals surface area contributed by atoms with E-state index in [1.54, 1.807) is 12.3 Å². The highest BCUT2D eigenvalue weighted by Gasteiger charge is 2.03. The molecule has 0 fully saturated rings. The van der Waals surface area contributed by atoms with Crippen molar-refractivity contribution in [2.45, 2.75) is 6.92 Å². The number of sulfone groups is 1. The Morgan fingerprint density at radius 3 is 2.88 bits per heavy atom. The fourth-order valence-electron chi connectivity index (χ4n) is 1.00. The van der Waals surface area contributed by atoms with E-state index in [0.29, 0.717) is 18.4 Å². The monoisotopic (exact) mass is 245 g/mol. The van der Waals surface area contributed by atoms with Crippen molar-refractivity contribution in [3.8, 4) is 5.88 Å². The molecule has 1 rings (SSSR count). The van der Waals surface area contributed by atoms with Gasteiger partial charge >= 0.3 is 0 Å². The van der Waals surface area contributed by atoms with Gasteiger partial charge < -0.3 is 10.1 Å². The molecule has 0 unspecified atom stereocenters. The van der Waals surface area contributed by atoms with Gasteiger partial charge in [0.15, 0.2) is 0 Å². The normalized spacial score (nSPS) is 11.1. The van der Waals surface area contributed by atoms with Crippen LogP contribution in [0, 0.1) is 0 Å². The molecular weight excluding hydrogens is 230 g/mol. The first kappa shape index (κ1) is 12.7. The first-order valence-electron chi connectivity index (χ1n) is 4.88. The summed E-state index contributed by atoms with van der Waals surface area (Å²) in [5, 5.41) is 2.82. The van der Waals surface area contributed by atoms with Crippen molar-refractivity contribution in [3.63, 3.8) is 0 Å². The molecule has 0 saturated heterocycles. The molecule has 1 aromatic rings. The van der Waals surface area contributed by atoms with E-state index in [4.69, 9.17) is 4.74 Å². The minimum Gasteiger partial charge on any atom is -0.478 e. The van der Waals surface area contributed by atoms with E-state index >= 15 is 0 Å². The van der Waals surface area contributed by atoms with Gasteiger partial charge in [0.2, 0.25) is 11.8 Å². The zero-order valence-electron chi connectivity index (χ0n) is 9.30. The maximum Gasteiger partial charge on any atom is 0.225 e. The fraction of sp³-hybridized carbons (Fsp3) is 0.556. The minimum atomic E-state index is -2.96. The van der Waals surface area contributed by atoms with Crippen LogP contribution in [0.2, 0.25) is 0 Å². The molecule has 1 N–H and O–H groups in total. The zero-order valence-corrected chi connectivity index (χ0v) is 10.1. The number of ether oxygens (including phenoxy) is 1. The number of hydrogen-bond acceptors (Lipinski definition) is 6. The van der Waals surface area contributed by atoms with Gasteiger partial charge in [0, 0.05) is 25.1 Å². The molecule has 0 aliphatic heterocycles. The first-order chi connectivity index (χ1) is 7.51. The highest BCUT2D eigenvalue weighted by molar-refractivity contribution is 7.90. The average Bonchev–Trinajstić information content (AvgIpc) is 2.17. The molecule has 0 radical (unpaired) electrons. The second-order valence-electron chi connectivity index (χ2n) is 3.21. The van der Waals surface area contributed by atoms with E-state index in [-0.39, 0.29) is 12.3 Å². The van der Waals surface area contributed by atoms with Crippen LogP contribution in [0.3, 0.4) is 0 Å². The van der Waals surface area contributed by atoms with Gasteiger partial charge in [-0.2, -0.15) is 4.98 Å². The van der Waals surface area contributed by atoms with Crippen LogP contribution >= 0.6 is 0 Å². The molecule has 90 valence electrons. The summed E-state index contributed by atoms with van der Waals surface area (Å²) in [7, 11) is -2.96. The molecule has 0 saturated carbocycles. The Labute approximate surface area is 95.0 Å². The third kappa shape index (κ3) is 4.92. The lowest BCUT2D eigenvalue weighted by molar-refractivity contribution is 0.326. The summed E-state index contributed by atoms with van der Waals surface area (Å²) in [6.07, 6.45) is 2.74. The van der Waals surface area contributed by atoms with Gasteiger partial charge in [-0.15, -0.1) is 0 Å². The van der Waals surface area contributed by atoms with Gasteiger partial charge in [-0.25, -0.2) is 13.4 Å².